The number of methoxy groups -OCH3 is 1. The maximum absolute atomic E-state index is 13.0. The lowest BCUT2D eigenvalue weighted by Crippen LogP contribution is -2.26. The topological polar surface area (TPSA) is 55.0 Å². The molecule has 1 aromatic carbocycles. The van der Waals surface area contributed by atoms with Gasteiger partial charge in [-0.3, -0.25) is 4.79 Å². The molecule has 0 radical (unpaired) electrons. The molecule has 1 amide bonds. The molecule has 0 fully saturated rings. The number of carbonyl (C=O) groups is 1. The average Bonchev–Trinajstić information content (AvgIpc) is 3.41. The molecule has 2 aromatic heterocycles. The molecular weight excluding hydrogens is 416 g/mol. The van der Waals surface area contributed by atoms with E-state index < -0.39 is 0 Å². The number of hydrogen-bond acceptors (Lipinski definition) is 5. The number of hydrazone groups is 1. The Kier molecular flexibility index (Phi) is 4.65. The molecule has 1 atom stereocenters. The average molecular weight is 431 g/mol. The predicted octanol–water partition coefficient (Wildman–Crippen LogP) is 5.10. The maximum Gasteiger partial charge on any atom is 0.310 e. The number of hydrogen-bond donors (Lipinski definition) is 0. The Morgan fingerprint density at radius 1 is 1.27 bits per heavy atom. The summed E-state index contributed by atoms with van der Waals surface area (Å²) in [6, 6.07) is 14.9. The summed E-state index contributed by atoms with van der Waals surface area (Å²) in [4.78, 5) is 14.0. The van der Waals surface area contributed by atoms with Crippen LogP contribution in [0.4, 0.5) is 0 Å². The quantitative estimate of drug-likeness (QED) is 0.578. The van der Waals surface area contributed by atoms with Gasteiger partial charge in [-0.05, 0) is 57.2 Å². The molecule has 0 saturated carbocycles. The summed E-state index contributed by atoms with van der Waals surface area (Å²) in [7, 11) is 1.63. The van der Waals surface area contributed by atoms with E-state index in [2.05, 4.69) is 21.0 Å². The molecule has 0 spiro atoms. The van der Waals surface area contributed by atoms with Gasteiger partial charge in [0.1, 0.15) is 5.75 Å². The third-order valence-corrected chi connectivity index (χ3v) is 5.55. The first-order valence-electron chi connectivity index (χ1n) is 8.00. The molecule has 26 heavy (non-hydrogen) atoms. The first-order valence-corrected chi connectivity index (χ1v) is 9.67. The van der Waals surface area contributed by atoms with Gasteiger partial charge in [0.2, 0.25) is 0 Å². The van der Waals surface area contributed by atoms with Gasteiger partial charge in [-0.1, -0.05) is 18.2 Å². The fourth-order valence-electron chi connectivity index (χ4n) is 2.92. The van der Waals surface area contributed by atoms with E-state index in [1.807, 2.05) is 41.8 Å². The first kappa shape index (κ1) is 17.1. The highest BCUT2D eigenvalue weighted by Crippen LogP contribution is 2.35. The normalized spacial score (nSPS) is 16.6. The van der Waals surface area contributed by atoms with Crippen LogP contribution in [0.25, 0.3) is 0 Å². The van der Waals surface area contributed by atoms with E-state index in [-0.39, 0.29) is 17.7 Å². The van der Waals surface area contributed by atoms with Gasteiger partial charge in [0.05, 0.1) is 23.7 Å². The molecule has 7 heteroatoms. The molecule has 0 bridgehead atoms. The fraction of sp³-hybridized carbons (Fsp3) is 0.158. The van der Waals surface area contributed by atoms with E-state index in [0.29, 0.717) is 11.1 Å². The monoisotopic (exact) mass is 430 g/mol. The molecule has 0 aliphatic carbocycles. The van der Waals surface area contributed by atoms with Crippen molar-refractivity contribution in [2.24, 2.45) is 5.10 Å². The van der Waals surface area contributed by atoms with E-state index in [9.17, 15) is 4.79 Å². The van der Waals surface area contributed by atoms with Crippen molar-refractivity contribution in [1.29, 1.82) is 0 Å². The van der Waals surface area contributed by atoms with E-state index in [1.54, 1.807) is 30.6 Å². The molecule has 5 nitrogen and oxygen atoms in total. The fourth-order valence-corrected chi connectivity index (χ4v) is 3.94. The van der Waals surface area contributed by atoms with Gasteiger partial charge in [0, 0.05) is 6.42 Å². The molecule has 0 unspecified atom stereocenters. The molecule has 132 valence electrons. The third kappa shape index (κ3) is 3.20. The van der Waals surface area contributed by atoms with Crippen LogP contribution in [0.3, 0.4) is 0 Å². The van der Waals surface area contributed by atoms with Gasteiger partial charge in [0.15, 0.2) is 10.4 Å². The van der Waals surface area contributed by atoms with Gasteiger partial charge >= 0.3 is 5.91 Å². The van der Waals surface area contributed by atoms with Gasteiger partial charge in [-0.2, -0.15) is 5.10 Å². The smallest absolute Gasteiger partial charge is 0.310 e. The van der Waals surface area contributed by atoms with Crippen LogP contribution in [-0.2, 0) is 0 Å². The van der Waals surface area contributed by atoms with Crippen LogP contribution in [0.2, 0.25) is 0 Å². The lowest BCUT2D eigenvalue weighted by molar-refractivity contribution is 0.0677. The highest BCUT2D eigenvalue weighted by molar-refractivity contribution is 9.10. The second-order valence-electron chi connectivity index (χ2n) is 5.77. The Balaban J connectivity index is 1.70. The summed E-state index contributed by atoms with van der Waals surface area (Å²) < 4.78 is 11.2. The first-order chi connectivity index (χ1) is 12.7. The minimum atomic E-state index is -0.261. The number of nitrogens with zero attached hydrogens (tertiary/aromatic N) is 2. The zero-order valence-corrected chi connectivity index (χ0v) is 16.3. The van der Waals surface area contributed by atoms with E-state index in [4.69, 9.17) is 9.15 Å². The molecule has 3 heterocycles. The van der Waals surface area contributed by atoms with Crippen LogP contribution in [0.5, 0.6) is 5.75 Å². The second kappa shape index (κ2) is 7.09. The van der Waals surface area contributed by atoms with Crippen LogP contribution < -0.4 is 4.74 Å². The van der Waals surface area contributed by atoms with Crippen LogP contribution in [0, 0.1) is 0 Å². The standard InChI is InChI=1S/C19H15BrN2O3S/c1-24-13-6-4-12(5-7-13)15-11-14(17-3-2-10-26-17)21-22(15)19(23)16-8-9-18(20)25-16/h2-10,15H,11H2,1H3/t15-/m1/s1. The van der Waals surface area contributed by atoms with E-state index >= 15 is 0 Å². The summed E-state index contributed by atoms with van der Waals surface area (Å²) in [6.07, 6.45) is 0.653. The van der Waals surface area contributed by atoms with Crippen LogP contribution in [0.15, 0.2) is 68.1 Å². The zero-order valence-electron chi connectivity index (χ0n) is 13.9. The molecule has 0 N–H and O–H groups in total. The summed E-state index contributed by atoms with van der Waals surface area (Å²) in [6.45, 7) is 0. The van der Waals surface area contributed by atoms with Crippen LogP contribution in [-0.4, -0.2) is 23.7 Å². The number of furan rings is 1. The Morgan fingerprint density at radius 3 is 2.69 bits per heavy atom. The molecule has 0 saturated heterocycles. The van der Waals surface area contributed by atoms with E-state index in [1.165, 1.54) is 5.01 Å². The third-order valence-electron chi connectivity index (χ3n) is 4.21. The minimum Gasteiger partial charge on any atom is -0.497 e. The maximum atomic E-state index is 13.0. The second-order valence-corrected chi connectivity index (χ2v) is 7.50. The van der Waals surface area contributed by atoms with Crippen molar-refractivity contribution in [3.63, 3.8) is 0 Å². The van der Waals surface area contributed by atoms with Crippen molar-refractivity contribution in [3.05, 3.63) is 74.8 Å². The SMILES string of the molecule is COc1ccc([C@H]2CC(c3cccs3)=NN2C(=O)c2ccc(Br)o2)cc1. The number of ether oxygens (including phenoxy) is 1. The Bertz CT molecular complexity index is 948. The van der Waals surface area contributed by atoms with Gasteiger partial charge in [-0.25, -0.2) is 5.01 Å². The van der Waals surface area contributed by atoms with E-state index in [0.717, 1.165) is 21.9 Å². The Hall–Kier alpha value is -2.38. The minimum absolute atomic E-state index is 0.186. The van der Waals surface area contributed by atoms with Gasteiger partial charge in [0.25, 0.3) is 0 Å². The zero-order chi connectivity index (χ0) is 18.1. The number of carbonyl (C=O) groups excluding carboxylic acids is 1. The number of amides is 1. The number of halogens is 1. The largest absolute Gasteiger partial charge is 0.497 e. The van der Waals surface area contributed by atoms with Crippen molar-refractivity contribution in [3.8, 4) is 5.75 Å². The number of benzene rings is 1. The summed E-state index contributed by atoms with van der Waals surface area (Å²) in [5.74, 6) is 0.772. The van der Waals surface area contributed by atoms with Gasteiger partial charge in [-0.15, -0.1) is 11.3 Å². The van der Waals surface area contributed by atoms with Crippen molar-refractivity contribution in [2.75, 3.05) is 7.11 Å². The van der Waals surface area contributed by atoms with Crippen molar-refractivity contribution < 1.29 is 13.9 Å². The number of thiophene rings is 1. The lowest BCUT2D eigenvalue weighted by Gasteiger charge is -2.21. The Morgan fingerprint density at radius 2 is 2.08 bits per heavy atom. The van der Waals surface area contributed by atoms with Gasteiger partial charge < -0.3 is 9.15 Å². The van der Waals surface area contributed by atoms with Crippen molar-refractivity contribution in [1.82, 2.24) is 5.01 Å². The lowest BCUT2D eigenvalue weighted by atomic mass is 10.0. The highest BCUT2D eigenvalue weighted by Gasteiger charge is 2.35. The van der Waals surface area contributed by atoms with Crippen molar-refractivity contribution >= 4 is 38.9 Å². The molecule has 1 aliphatic rings. The Labute approximate surface area is 163 Å². The summed E-state index contributed by atoms with van der Waals surface area (Å²) in [5, 5.41) is 8.15. The summed E-state index contributed by atoms with van der Waals surface area (Å²) >= 11 is 4.86. The molecule has 1 aliphatic heterocycles. The predicted molar refractivity (Wildman–Crippen MR) is 104 cm³/mol. The number of rotatable bonds is 4. The highest BCUT2D eigenvalue weighted by atomic mass is 79.9. The van der Waals surface area contributed by atoms with Crippen LogP contribution >= 0.6 is 27.3 Å². The molecular formula is C19H15BrN2O3S. The molecule has 4 rings (SSSR count). The van der Waals surface area contributed by atoms with Crippen LogP contribution in [0.1, 0.15) is 33.5 Å². The van der Waals surface area contributed by atoms with Crippen molar-refractivity contribution in [2.45, 2.75) is 12.5 Å². The molecule has 3 aromatic rings. The summed E-state index contributed by atoms with van der Waals surface area (Å²) in [5.41, 5.74) is 1.90.